The first-order valence-corrected chi connectivity index (χ1v) is 6.03. The highest BCUT2D eigenvalue weighted by molar-refractivity contribution is 5.90. The number of hydrogen-bond acceptors (Lipinski definition) is 2. The van der Waals surface area contributed by atoms with E-state index in [1.807, 2.05) is 0 Å². The van der Waals surface area contributed by atoms with Gasteiger partial charge in [-0.1, -0.05) is 32.6 Å². The maximum absolute atomic E-state index is 11.5. The second kappa shape index (κ2) is 7.85. The van der Waals surface area contributed by atoms with Crippen LogP contribution in [0.1, 0.15) is 45.4 Å². The molecule has 16 heavy (non-hydrogen) atoms. The number of pyridine rings is 1. The van der Waals surface area contributed by atoms with Gasteiger partial charge >= 0.3 is 0 Å². The van der Waals surface area contributed by atoms with Gasteiger partial charge in [-0.2, -0.15) is 0 Å². The molecule has 0 saturated carbocycles. The summed E-state index contributed by atoms with van der Waals surface area (Å²) in [4.78, 5) is 15.4. The summed E-state index contributed by atoms with van der Waals surface area (Å²) < 4.78 is 0. The second-order valence-electron chi connectivity index (χ2n) is 3.95. The summed E-state index contributed by atoms with van der Waals surface area (Å²) in [5, 5.41) is 2.85. The van der Waals surface area contributed by atoms with Crippen LogP contribution in [0.5, 0.6) is 0 Å². The van der Waals surface area contributed by atoms with Crippen molar-refractivity contribution in [1.82, 2.24) is 4.98 Å². The van der Waals surface area contributed by atoms with Crippen molar-refractivity contribution in [2.24, 2.45) is 0 Å². The monoisotopic (exact) mass is 220 g/mol. The van der Waals surface area contributed by atoms with Crippen LogP contribution in [-0.2, 0) is 4.79 Å². The molecule has 0 atom stereocenters. The van der Waals surface area contributed by atoms with E-state index in [2.05, 4.69) is 17.2 Å². The van der Waals surface area contributed by atoms with Crippen molar-refractivity contribution in [3.05, 3.63) is 24.5 Å². The first kappa shape index (κ1) is 12.7. The summed E-state index contributed by atoms with van der Waals surface area (Å²) in [5.74, 6) is 0.0997. The van der Waals surface area contributed by atoms with Crippen molar-refractivity contribution in [1.29, 1.82) is 0 Å². The fourth-order valence-electron chi connectivity index (χ4n) is 1.55. The van der Waals surface area contributed by atoms with Crippen LogP contribution in [0, 0.1) is 0 Å². The molecule has 88 valence electrons. The number of rotatable bonds is 7. The molecule has 3 nitrogen and oxygen atoms in total. The standard InChI is InChI=1S/C13H20N2O/c1-2-3-4-5-6-7-13(16)15-12-8-10-14-11-9-12/h8-11H,2-7H2,1H3,(H,14,15,16). The lowest BCUT2D eigenvalue weighted by atomic mass is 10.1. The number of unbranched alkanes of at least 4 members (excludes halogenated alkanes) is 4. The molecule has 0 spiro atoms. The molecule has 0 aromatic carbocycles. The number of amides is 1. The van der Waals surface area contributed by atoms with Crippen LogP contribution in [0.3, 0.4) is 0 Å². The van der Waals surface area contributed by atoms with Crippen molar-refractivity contribution in [2.75, 3.05) is 5.32 Å². The van der Waals surface area contributed by atoms with Gasteiger partial charge in [0.1, 0.15) is 0 Å². The Hall–Kier alpha value is -1.38. The quantitative estimate of drug-likeness (QED) is 0.716. The number of carbonyl (C=O) groups is 1. The minimum atomic E-state index is 0.0997. The van der Waals surface area contributed by atoms with Crippen molar-refractivity contribution in [2.45, 2.75) is 45.4 Å². The van der Waals surface area contributed by atoms with Crippen molar-refractivity contribution in [3.63, 3.8) is 0 Å². The van der Waals surface area contributed by atoms with Gasteiger partial charge in [0.2, 0.25) is 5.91 Å². The topological polar surface area (TPSA) is 42.0 Å². The molecule has 0 fully saturated rings. The number of nitrogens with zero attached hydrogens (tertiary/aromatic N) is 1. The summed E-state index contributed by atoms with van der Waals surface area (Å²) >= 11 is 0. The molecule has 1 heterocycles. The van der Waals surface area contributed by atoms with Gasteiger partial charge in [-0.3, -0.25) is 9.78 Å². The third-order valence-electron chi connectivity index (χ3n) is 2.47. The Morgan fingerprint density at radius 1 is 1.19 bits per heavy atom. The predicted molar refractivity (Wildman–Crippen MR) is 66.2 cm³/mol. The third kappa shape index (κ3) is 5.49. The maximum Gasteiger partial charge on any atom is 0.224 e. The molecule has 0 aliphatic heterocycles. The fourth-order valence-corrected chi connectivity index (χ4v) is 1.55. The Morgan fingerprint density at radius 2 is 1.88 bits per heavy atom. The minimum absolute atomic E-state index is 0.0997. The predicted octanol–water partition coefficient (Wildman–Crippen LogP) is 3.38. The molecule has 0 aliphatic carbocycles. The van der Waals surface area contributed by atoms with Gasteiger partial charge in [-0.05, 0) is 18.6 Å². The van der Waals surface area contributed by atoms with Gasteiger partial charge in [0.05, 0.1) is 0 Å². The second-order valence-corrected chi connectivity index (χ2v) is 3.95. The lowest BCUT2D eigenvalue weighted by Crippen LogP contribution is -2.10. The van der Waals surface area contributed by atoms with Gasteiger partial charge in [0.25, 0.3) is 0 Å². The number of nitrogens with one attached hydrogen (secondary N) is 1. The average Bonchev–Trinajstić information content (AvgIpc) is 2.30. The van der Waals surface area contributed by atoms with Crippen LogP contribution >= 0.6 is 0 Å². The fraction of sp³-hybridized carbons (Fsp3) is 0.538. The number of carbonyl (C=O) groups excluding carboxylic acids is 1. The number of anilines is 1. The molecule has 0 radical (unpaired) electrons. The smallest absolute Gasteiger partial charge is 0.224 e. The Kier molecular flexibility index (Phi) is 6.23. The van der Waals surface area contributed by atoms with Crippen molar-refractivity contribution in [3.8, 4) is 0 Å². The first-order valence-electron chi connectivity index (χ1n) is 6.03. The molecular formula is C13H20N2O. The van der Waals surface area contributed by atoms with Crippen LogP contribution in [0.25, 0.3) is 0 Å². The molecule has 0 saturated heterocycles. The number of hydrogen-bond donors (Lipinski definition) is 1. The Morgan fingerprint density at radius 3 is 2.56 bits per heavy atom. The van der Waals surface area contributed by atoms with E-state index in [9.17, 15) is 4.79 Å². The van der Waals surface area contributed by atoms with Crippen LogP contribution in [0.15, 0.2) is 24.5 Å². The molecule has 1 N–H and O–H groups in total. The highest BCUT2D eigenvalue weighted by Gasteiger charge is 2.01. The highest BCUT2D eigenvalue weighted by Crippen LogP contribution is 2.08. The molecule has 0 unspecified atom stereocenters. The lowest BCUT2D eigenvalue weighted by Gasteiger charge is -2.04. The summed E-state index contributed by atoms with van der Waals surface area (Å²) in [6.07, 6.45) is 9.85. The van der Waals surface area contributed by atoms with Crippen LogP contribution < -0.4 is 5.32 Å². The normalized spacial score (nSPS) is 10.1. The van der Waals surface area contributed by atoms with Gasteiger partial charge in [-0.25, -0.2) is 0 Å². The molecule has 3 heteroatoms. The zero-order valence-electron chi connectivity index (χ0n) is 9.91. The van der Waals surface area contributed by atoms with Gasteiger partial charge in [-0.15, -0.1) is 0 Å². The summed E-state index contributed by atoms with van der Waals surface area (Å²) in [5.41, 5.74) is 0.827. The Balaban J connectivity index is 2.12. The lowest BCUT2D eigenvalue weighted by molar-refractivity contribution is -0.116. The largest absolute Gasteiger partial charge is 0.326 e. The molecule has 1 amide bonds. The zero-order chi connectivity index (χ0) is 11.6. The molecule has 0 bridgehead atoms. The van der Waals surface area contributed by atoms with E-state index in [0.717, 1.165) is 18.5 Å². The molecule has 1 aromatic rings. The summed E-state index contributed by atoms with van der Waals surface area (Å²) in [7, 11) is 0. The minimum Gasteiger partial charge on any atom is -0.326 e. The first-order chi connectivity index (χ1) is 7.83. The molecule has 1 aromatic heterocycles. The average molecular weight is 220 g/mol. The summed E-state index contributed by atoms with van der Waals surface area (Å²) in [6, 6.07) is 3.60. The number of aromatic nitrogens is 1. The van der Waals surface area contributed by atoms with E-state index in [-0.39, 0.29) is 5.91 Å². The van der Waals surface area contributed by atoms with E-state index < -0.39 is 0 Å². The highest BCUT2D eigenvalue weighted by atomic mass is 16.1. The third-order valence-corrected chi connectivity index (χ3v) is 2.47. The SMILES string of the molecule is CCCCCCCC(=O)Nc1ccncc1. The van der Waals surface area contributed by atoms with E-state index in [4.69, 9.17) is 0 Å². The molecule has 1 rings (SSSR count). The van der Waals surface area contributed by atoms with Crippen molar-refractivity contribution >= 4 is 11.6 Å². The zero-order valence-corrected chi connectivity index (χ0v) is 9.91. The Labute approximate surface area is 97.3 Å². The van der Waals surface area contributed by atoms with Crippen LogP contribution in [0.4, 0.5) is 5.69 Å². The Bertz CT molecular complexity index is 298. The van der Waals surface area contributed by atoms with Gasteiger partial charge in [0.15, 0.2) is 0 Å². The van der Waals surface area contributed by atoms with E-state index in [1.165, 1.54) is 19.3 Å². The van der Waals surface area contributed by atoms with Gasteiger partial charge < -0.3 is 5.32 Å². The maximum atomic E-state index is 11.5. The van der Waals surface area contributed by atoms with Crippen LogP contribution in [0.2, 0.25) is 0 Å². The van der Waals surface area contributed by atoms with Gasteiger partial charge in [0, 0.05) is 24.5 Å². The molecule has 0 aliphatic rings. The van der Waals surface area contributed by atoms with E-state index in [1.54, 1.807) is 24.5 Å². The van der Waals surface area contributed by atoms with Crippen molar-refractivity contribution < 1.29 is 4.79 Å². The van der Waals surface area contributed by atoms with Crippen LogP contribution in [-0.4, -0.2) is 10.9 Å². The molecular weight excluding hydrogens is 200 g/mol. The van der Waals surface area contributed by atoms with E-state index in [0.29, 0.717) is 6.42 Å². The summed E-state index contributed by atoms with van der Waals surface area (Å²) in [6.45, 7) is 2.19. The van der Waals surface area contributed by atoms with E-state index >= 15 is 0 Å².